The Morgan fingerprint density at radius 1 is 0.947 bits per heavy atom. The number of urea groups is 1. The second-order valence-electron chi connectivity index (χ2n) is 10.7. The molecule has 2 heterocycles. The Morgan fingerprint density at radius 3 is 2.32 bits per heavy atom. The molecule has 9 nitrogen and oxygen atoms in total. The number of hydrogen-bond acceptors (Lipinski definition) is 6. The lowest BCUT2D eigenvalue weighted by atomic mass is 9.90. The zero-order valence-electron chi connectivity index (χ0n) is 21.3. The van der Waals surface area contributed by atoms with E-state index in [4.69, 9.17) is 0 Å². The van der Waals surface area contributed by atoms with Gasteiger partial charge in [0, 0.05) is 49.0 Å². The fourth-order valence-electron chi connectivity index (χ4n) is 5.62. The normalized spacial score (nSPS) is 21.1. The molecule has 0 unspecified atom stereocenters. The van der Waals surface area contributed by atoms with E-state index in [1.165, 1.54) is 25.0 Å². The lowest BCUT2D eigenvalue weighted by molar-refractivity contribution is 0.227. The summed E-state index contributed by atoms with van der Waals surface area (Å²) in [5, 5.41) is 16.7. The van der Waals surface area contributed by atoms with Crippen molar-refractivity contribution in [2.24, 2.45) is 0 Å². The lowest BCUT2D eigenvalue weighted by Gasteiger charge is -2.35. The van der Waals surface area contributed by atoms with Crippen LogP contribution < -0.4 is 20.9 Å². The number of hydrogen-bond donors (Lipinski definition) is 4. The molecule has 1 aromatic carbocycles. The number of benzene rings is 1. The Balaban J connectivity index is 0.972. The lowest BCUT2D eigenvalue weighted by Crippen LogP contribution is -2.49. The van der Waals surface area contributed by atoms with Crippen LogP contribution in [0.2, 0.25) is 0 Å². The molecular formula is C27H32F2N8O. The van der Waals surface area contributed by atoms with Crippen LogP contribution in [0.1, 0.15) is 61.3 Å². The molecule has 0 spiro atoms. The van der Waals surface area contributed by atoms with Crippen LogP contribution in [0.3, 0.4) is 0 Å². The van der Waals surface area contributed by atoms with Gasteiger partial charge < -0.3 is 20.9 Å². The van der Waals surface area contributed by atoms with Crippen molar-refractivity contribution >= 4 is 23.6 Å². The first-order chi connectivity index (χ1) is 18.4. The van der Waals surface area contributed by atoms with Crippen molar-refractivity contribution in [3.05, 3.63) is 58.9 Å². The number of nitrogens with one attached hydrogen (secondary N) is 4. The average molecular weight is 523 g/mol. The van der Waals surface area contributed by atoms with Crippen LogP contribution in [0.25, 0.3) is 0 Å². The summed E-state index contributed by atoms with van der Waals surface area (Å²) in [5.74, 6) is 1.02. The van der Waals surface area contributed by atoms with Gasteiger partial charge in [0.2, 0.25) is 5.95 Å². The number of fused-ring (bicyclic) bond motifs is 1. The summed E-state index contributed by atoms with van der Waals surface area (Å²) in [6.07, 6.45) is 8.69. The van der Waals surface area contributed by atoms with Crippen LogP contribution in [0, 0.1) is 11.6 Å². The van der Waals surface area contributed by atoms with Crippen LogP contribution >= 0.6 is 0 Å². The second kappa shape index (κ2) is 10.2. The van der Waals surface area contributed by atoms with E-state index in [2.05, 4.69) is 41.0 Å². The van der Waals surface area contributed by atoms with Crippen molar-refractivity contribution in [3.8, 4) is 0 Å². The van der Waals surface area contributed by atoms with Crippen LogP contribution in [-0.2, 0) is 12.8 Å². The summed E-state index contributed by atoms with van der Waals surface area (Å²) in [6, 6.07) is 6.30. The minimum absolute atomic E-state index is 0.0764. The monoisotopic (exact) mass is 522 g/mol. The molecule has 2 saturated carbocycles. The predicted octanol–water partition coefficient (Wildman–Crippen LogP) is 4.31. The number of amides is 2. The van der Waals surface area contributed by atoms with Crippen molar-refractivity contribution in [2.75, 3.05) is 17.3 Å². The zero-order chi connectivity index (χ0) is 26.2. The van der Waals surface area contributed by atoms with Crippen LogP contribution in [0.4, 0.5) is 31.2 Å². The number of carbonyl (C=O) groups is 1. The number of rotatable bonds is 7. The first-order valence-electron chi connectivity index (χ1n) is 13.3. The number of anilines is 3. The molecule has 0 aliphatic heterocycles. The summed E-state index contributed by atoms with van der Waals surface area (Å²) < 4.78 is 27.0. The van der Waals surface area contributed by atoms with Crippen LogP contribution in [0.15, 0.2) is 30.5 Å². The largest absolute Gasteiger partial charge is 0.341 e. The van der Waals surface area contributed by atoms with Gasteiger partial charge in [-0.1, -0.05) is 0 Å². The average Bonchev–Trinajstić information content (AvgIpc) is 3.54. The molecule has 200 valence electrons. The van der Waals surface area contributed by atoms with Gasteiger partial charge in [-0.3, -0.25) is 5.10 Å². The van der Waals surface area contributed by atoms with E-state index < -0.39 is 11.6 Å². The number of nitrogens with zero attached hydrogens (tertiary/aromatic N) is 4. The van der Waals surface area contributed by atoms with Crippen molar-refractivity contribution in [1.29, 1.82) is 0 Å². The number of halogens is 2. The molecule has 38 heavy (non-hydrogen) atoms. The van der Waals surface area contributed by atoms with Crippen LogP contribution in [0.5, 0.6) is 0 Å². The Kier molecular flexibility index (Phi) is 6.59. The summed E-state index contributed by atoms with van der Waals surface area (Å²) in [5.41, 5.74) is 2.68. The third-order valence-electron chi connectivity index (χ3n) is 7.92. The Labute approximate surface area is 219 Å². The van der Waals surface area contributed by atoms with E-state index >= 15 is 0 Å². The third kappa shape index (κ3) is 5.41. The maximum atomic E-state index is 13.5. The zero-order valence-corrected chi connectivity index (χ0v) is 21.3. The summed E-state index contributed by atoms with van der Waals surface area (Å²) >= 11 is 0. The minimum atomic E-state index is -0.843. The molecule has 0 saturated heterocycles. The number of carbonyl (C=O) groups excluding carboxylic acids is 1. The quantitative estimate of drug-likeness (QED) is 0.368. The highest BCUT2D eigenvalue weighted by Gasteiger charge is 2.29. The number of aromatic amines is 1. The first-order valence-corrected chi connectivity index (χ1v) is 13.3. The smallest absolute Gasteiger partial charge is 0.315 e. The molecule has 4 N–H and O–H groups in total. The Bertz CT molecular complexity index is 1290. The van der Waals surface area contributed by atoms with Gasteiger partial charge in [0.1, 0.15) is 5.82 Å². The van der Waals surface area contributed by atoms with Gasteiger partial charge in [-0.2, -0.15) is 10.1 Å². The highest BCUT2D eigenvalue weighted by Crippen LogP contribution is 2.39. The number of H-pyrrole nitrogens is 1. The maximum Gasteiger partial charge on any atom is 0.315 e. The molecular weight excluding hydrogens is 490 g/mol. The number of aromatic nitrogens is 4. The van der Waals surface area contributed by atoms with E-state index in [0.29, 0.717) is 30.5 Å². The highest BCUT2D eigenvalue weighted by molar-refractivity contribution is 5.74. The minimum Gasteiger partial charge on any atom is -0.341 e. The van der Waals surface area contributed by atoms with E-state index in [0.717, 1.165) is 48.3 Å². The van der Waals surface area contributed by atoms with Crippen LogP contribution in [-0.4, -0.2) is 51.4 Å². The van der Waals surface area contributed by atoms with Gasteiger partial charge >= 0.3 is 6.03 Å². The Morgan fingerprint density at radius 2 is 1.63 bits per heavy atom. The fraction of sp³-hybridized carbons (Fsp3) is 0.481. The van der Waals surface area contributed by atoms with Crippen molar-refractivity contribution in [3.63, 3.8) is 0 Å². The summed E-state index contributed by atoms with van der Waals surface area (Å²) in [4.78, 5) is 23.9. The van der Waals surface area contributed by atoms with Gasteiger partial charge in [0.25, 0.3) is 0 Å². The summed E-state index contributed by atoms with van der Waals surface area (Å²) in [6.45, 7) is 0. The Hall–Kier alpha value is -3.76. The molecule has 0 bridgehead atoms. The first kappa shape index (κ1) is 24.6. The van der Waals surface area contributed by atoms with Crippen molar-refractivity contribution < 1.29 is 13.6 Å². The van der Waals surface area contributed by atoms with Gasteiger partial charge in [-0.05, 0) is 80.7 Å². The third-order valence-corrected chi connectivity index (χ3v) is 7.92. The topological polar surface area (TPSA) is 111 Å². The van der Waals surface area contributed by atoms with Gasteiger partial charge in [0.05, 0.1) is 0 Å². The summed E-state index contributed by atoms with van der Waals surface area (Å²) in [7, 11) is 2.01. The molecule has 6 rings (SSSR count). The van der Waals surface area contributed by atoms with E-state index in [1.807, 2.05) is 19.2 Å². The molecule has 2 aromatic heterocycles. The maximum absolute atomic E-state index is 13.5. The van der Waals surface area contributed by atoms with Gasteiger partial charge in [-0.25, -0.2) is 18.6 Å². The predicted molar refractivity (Wildman–Crippen MR) is 140 cm³/mol. The molecule has 2 fully saturated rings. The van der Waals surface area contributed by atoms with Gasteiger partial charge in [-0.15, -0.1) is 0 Å². The fourth-order valence-corrected chi connectivity index (χ4v) is 5.62. The molecule has 3 aliphatic rings. The SMILES string of the molecule is CN(c1nccc(Nc2cc(C3CC3)[nH]n2)n1)C1CCC(NC(=O)NC2Cc3cc(F)c(F)cc3C2)CC1. The molecule has 0 atom stereocenters. The van der Waals surface area contributed by atoms with E-state index in [9.17, 15) is 13.6 Å². The molecule has 3 aromatic rings. The molecule has 0 radical (unpaired) electrons. The molecule has 3 aliphatic carbocycles. The van der Waals surface area contributed by atoms with Gasteiger partial charge in [0.15, 0.2) is 17.5 Å². The molecule has 2 amide bonds. The second-order valence-corrected chi connectivity index (χ2v) is 10.7. The highest BCUT2D eigenvalue weighted by atomic mass is 19.2. The van der Waals surface area contributed by atoms with E-state index in [-0.39, 0.29) is 24.2 Å². The molecule has 11 heteroatoms. The van der Waals surface area contributed by atoms with E-state index in [1.54, 1.807) is 6.20 Å². The van der Waals surface area contributed by atoms with Crippen molar-refractivity contribution in [2.45, 2.75) is 75.4 Å². The van der Waals surface area contributed by atoms with Crippen molar-refractivity contribution in [1.82, 2.24) is 30.8 Å². The standard InChI is InChI=1S/C27H32F2N8O/c1-37(26-30-9-8-24(34-26)33-25-14-23(35-36-25)15-2-3-15)20-6-4-18(5-7-20)31-27(38)32-19-10-16-12-21(28)22(29)13-17(16)11-19/h8-9,12-15,18-20H,2-7,10-11H2,1H3,(H2,31,32,38)(H2,30,33,34,35,36).